The number of hydrogen-bond acceptors (Lipinski definition) is 2. The summed E-state index contributed by atoms with van der Waals surface area (Å²) in [6, 6.07) is 67.8. The second-order valence-corrected chi connectivity index (χ2v) is 16.3. The van der Waals surface area contributed by atoms with Gasteiger partial charge in [-0.1, -0.05) is 140 Å². The first-order valence-corrected chi connectivity index (χ1v) is 20.6. The fourth-order valence-corrected chi connectivity index (χ4v) is 7.84. The van der Waals surface area contributed by atoms with Crippen LogP contribution in [0.4, 0.5) is 34.1 Å². The minimum atomic E-state index is -0.861. The average Bonchev–Trinajstić information content (AvgIpc) is 3.19. The third kappa shape index (κ3) is 6.85. The Morgan fingerprint density at radius 3 is 1.27 bits per heavy atom. The lowest BCUT2D eigenvalue weighted by Gasteiger charge is -2.26. The zero-order chi connectivity index (χ0) is 34.6. The molecule has 8 aromatic rings. The van der Waals surface area contributed by atoms with Crippen molar-refractivity contribution < 1.29 is 0 Å². The molecule has 51 heavy (non-hydrogen) atoms. The molecule has 0 aromatic heterocycles. The van der Waals surface area contributed by atoms with E-state index in [-0.39, 0.29) is 0 Å². The summed E-state index contributed by atoms with van der Waals surface area (Å²) in [5.41, 5.74) is 9.23. The van der Waals surface area contributed by atoms with Crippen molar-refractivity contribution in [3.8, 4) is 0 Å². The number of nitrogens with zero attached hydrogens (tertiary/aromatic N) is 2. The second-order valence-electron chi connectivity index (χ2n) is 13.3. The molecule has 0 heterocycles. The topological polar surface area (TPSA) is 6.48 Å². The largest absolute Gasteiger partial charge is 0.311 e. The van der Waals surface area contributed by atoms with Crippen LogP contribution in [0.3, 0.4) is 0 Å². The Kier molecular flexibility index (Phi) is 9.03. The number of rotatable bonds is 9. The lowest BCUT2D eigenvalue weighted by molar-refractivity contribution is 1.28. The van der Waals surface area contributed by atoms with Crippen LogP contribution in [0.2, 0.25) is 13.1 Å². The van der Waals surface area contributed by atoms with Crippen molar-refractivity contribution in [2.75, 3.05) is 9.80 Å². The lowest BCUT2D eigenvalue weighted by Crippen LogP contribution is -2.22. The summed E-state index contributed by atoms with van der Waals surface area (Å²) < 4.78 is 0. The smallest absolute Gasteiger partial charge is 0.0647 e. The number of anilines is 6. The van der Waals surface area contributed by atoms with Crippen LogP contribution in [0.25, 0.3) is 33.7 Å². The minimum absolute atomic E-state index is 0.861. The van der Waals surface area contributed by atoms with Crippen LogP contribution in [0, 0.1) is 0 Å². The molecule has 0 fully saturated rings. The van der Waals surface area contributed by atoms with Gasteiger partial charge in [-0.15, -0.1) is 0 Å². The molecule has 246 valence electrons. The van der Waals surface area contributed by atoms with E-state index < -0.39 is 8.80 Å². The number of fused-ring (bicyclic) bond motifs is 3. The minimum Gasteiger partial charge on any atom is -0.311 e. The van der Waals surface area contributed by atoms with E-state index in [2.05, 4.69) is 223 Å². The van der Waals surface area contributed by atoms with Crippen LogP contribution >= 0.6 is 0 Å². The normalized spacial score (nSPS) is 11.4. The average molecular weight is 673 g/mol. The first-order chi connectivity index (χ1) is 25.1. The van der Waals surface area contributed by atoms with Gasteiger partial charge in [0.1, 0.15) is 0 Å². The van der Waals surface area contributed by atoms with E-state index in [0.29, 0.717) is 0 Å². The van der Waals surface area contributed by atoms with Gasteiger partial charge in [-0.3, -0.25) is 0 Å². The maximum Gasteiger partial charge on any atom is 0.0647 e. The molecule has 0 aliphatic heterocycles. The Balaban J connectivity index is 1.06. The third-order valence-corrected chi connectivity index (χ3v) is 11.3. The summed E-state index contributed by atoms with van der Waals surface area (Å²) in [6.45, 7) is 4.75. The van der Waals surface area contributed by atoms with Gasteiger partial charge in [-0.05, 0) is 112 Å². The van der Waals surface area contributed by atoms with Crippen molar-refractivity contribution in [1.82, 2.24) is 0 Å². The summed E-state index contributed by atoms with van der Waals surface area (Å²) in [5.74, 6) is 0. The highest BCUT2D eigenvalue weighted by atomic mass is 28.3. The Morgan fingerprint density at radius 2 is 0.745 bits per heavy atom. The second kappa shape index (κ2) is 14.4. The van der Waals surface area contributed by atoms with E-state index in [4.69, 9.17) is 0 Å². The highest BCUT2D eigenvalue weighted by molar-refractivity contribution is 6.70. The summed E-state index contributed by atoms with van der Waals surface area (Å²) in [7, 11) is -0.861. The molecule has 0 atom stereocenters. The molecule has 3 heteroatoms. The van der Waals surface area contributed by atoms with Crippen LogP contribution < -0.4 is 15.0 Å². The van der Waals surface area contributed by atoms with E-state index in [1.54, 1.807) is 0 Å². The molecule has 0 aliphatic carbocycles. The summed E-state index contributed by atoms with van der Waals surface area (Å²) in [5, 5.41) is 6.48. The van der Waals surface area contributed by atoms with Gasteiger partial charge in [0.25, 0.3) is 0 Å². The predicted octanol–water partition coefficient (Wildman–Crippen LogP) is 12.8. The van der Waals surface area contributed by atoms with E-state index in [1.807, 2.05) is 0 Å². The van der Waals surface area contributed by atoms with Crippen molar-refractivity contribution in [1.29, 1.82) is 0 Å². The molecule has 2 nitrogen and oxygen atoms in total. The van der Waals surface area contributed by atoms with Crippen molar-refractivity contribution in [2.45, 2.75) is 13.1 Å². The molecule has 0 radical (unpaired) electrons. The molecule has 0 N–H and O–H groups in total. The Hall–Kier alpha value is -6.16. The quantitative estimate of drug-likeness (QED) is 0.0855. The molecular formula is C48H40N2Si. The summed E-state index contributed by atoms with van der Waals surface area (Å²) in [6.07, 6.45) is 4.40. The van der Waals surface area contributed by atoms with Gasteiger partial charge >= 0.3 is 0 Å². The van der Waals surface area contributed by atoms with Crippen molar-refractivity contribution in [2.24, 2.45) is 0 Å². The van der Waals surface area contributed by atoms with E-state index >= 15 is 0 Å². The zero-order valence-corrected chi connectivity index (χ0v) is 30.2. The first-order valence-electron chi connectivity index (χ1n) is 17.7. The lowest BCUT2D eigenvalue weighted by atomic mass is 9.99. The van der Waals surface area contributed by atoms with Gasteiger partial charge in [0.2, 0.25) is 0 Å². The summed E-state index contributed by atoms with van der Waals surface area (Å²) >= 11 is 0. The highest BCUT2D eigenvalue weighted by Gasteiger charge is 2.15. The molecule has 0 unspecified atom stereocenters. The first kappa shape index (κ1) is 32.1. The van der Waals surface area contributed by atoms with Gasteiger partial charge in [0.15, 0.2) is 0 Å². The van der Waals surface area contributed by atoms with E-state index in [0.717, 1.165) is 34.0 Å². The van der Waals surface area contributed by atoms with Gasteiger partial charge in [0.05, 0.1) is 8.80 Å². The van der Waals surface area contributed by atoms with E-state index in [1.165, 1.54) is 38.0 Å². The maximum absolute atomic E-state index is 2.38. The van der Waals surface area contributed by atoms with Crippen LogP contribution in [0.1, 0.15) is 11.1 Å². The van der Waals surface area contributed by atoms with Crippen molar-refractivity contribution in [3.63, 3.8) is 0 Å². The van der Waals surface area contributed by atoms with E-state index in [9.17, 15) is 0 Å². The fraction of sp³-hybridized carbons (Fsp3) is 0.0417. The van der Waals surface area contributed by atoms with Crippen molar-refractivity contribution in [3.05, 3.63) is 199 Å². The molecule has 0 spiro atoms. The molecule has 0 bridgehead atoms. The Morgan fingerprint density at radius 1 is 0.353 bits per heavy atom. The fourth-order valence-electron chi connectivity index (χ4n) is 6.88. The van der Waals surface area contributed by atoms with Crippen LogP contribution in [-0.4, -0.2) is 8.80 Å². The monoisotopic (exact) mass is 672 g/mol. The Labute approximate surface area is 302 Å². The van der Waals surface area contributed by atoms with Gasteiger partial charge < -0.3 is 9.80 Å². The van der Waals surface area contributed by atoms with Crippen LogP contribution in [-0.2, 0) is 0 Å². The van der Waals surface area contributed by atoms with Gasteiger partial charge in [-0.25, -0.2) is 0 Å². The molecule has 0 saturated heterocycles. The van der Waals surface area contributed by atoms with Gasteiger partial charge in [-0.2, -0.15) is 0 Å². The zero-order valence-electron chi connectivity index (χ0n) is 29.0. The molecule has 0 aliphatic rings. The summed E-state index contributed by atoms with van der Waals surface area (Å²) in [4.78, 5) is 4.64. The third-order valence-electron chi connectivity index (χ3n) is 9.58. The molecule has 8 rings (SSSR count). The molecule has 8 aromatic carbocycles. The van der Waals surface area contributed by atoms with Crippen LogP contribution in [0.15, 0.2) is 188 Å². The number of benzene rings is 8. The standard InChI is InChI=1S/C48H40N2Si/c1-51(2)46-30-27-44(28-31-46)50(42-16-10-5-11-17-42)45-29-33-48-39(35-45)24-23-38-34-37(22-32-47(38)48)19-18-36-20-25-43(26-21-36)49(40-12-6-3-7-13-40)41-14-8-4-9-15-41/h3-35,51H,1-2H3/b19-18+. The molecular weight excluding hydrogens is 633 g/mol. The maximum atomic E-state index is 2.38. The highest BCUT2D eigenvalue weighted by Crippen LogP contribution is 2.38. The number of hydrogen-bond donors (Lipinski definition) is 0. The predicted molar refractivity (Wildman–Crippen MR) is 225 cm³/mol. The van der Waals surface area contributed by atoms with Crippen LogP contribution in [0.5, 0.6) is 0 Å². The van der Waals surface area contributed by atoms with Gasteiger partial charge in [0, 0.05) is 34.1 Å². The number of para-hydroxylation sites is 3. The SMILES string of the molecule is C[SiH](C)c1ccc(N(c2ccccc2)c2ccc3c(ccc4cc(/C=C/c5ccc(N(c6ccccc6)c6ccccc6)cc5)ccc43)c2)cc1. The Bertz CT molecular complexity index is 2380. The molecule has 0 amide bonds. The molecule has 0 saturated carbocycles. The van der Waals surface area contributed by atoms with Crippen molar-refractivity contribution >= 4 is 81.8 Å².